The second-order valence-electron chi connectivity index (χ2n) is 3.68. The van der Waals surface area contributed by atoms with E-state index in [0.29, 0.717) is 0 Å². The van der Waals surface area contributed by atoms with E-state index in [0.717, 1.165) is 22.7 Å². The summed E-state index contributed by atoms with van der Waals surface area (Å²) in [7, 11) is 1.88. The fraction of sp³-hybridized carbons (Fsp3) is 0.250. The van der Waals surface area contributed by atoms with E-state index in [1.54, 1.807) is 0 Å². The van der Waals surface area contributed by atoms with Crippen molar-refractivity contribution in [3.05, 3.63) is 54.1 Å². The maximum absolute atomic E-state index is 8.93. The van der Waals surface area contributed by atoms with Crippen molar-refractivity contribution in [1.29, 1.82) is 0 Å². The number of nitrogens with one attached hydrogen (secondary N) is 1. The second-order valence-corrected chi connectivity index (χ2v) is 3.68. The summed E-state index contributed by atoms with van der Waals surface area (Å²) < 4.78 is 5.67. The van der Waals surface area contributed by atoms with Gasteiger partial charge in [-0.25, -0.2) is 0 Å². The molecule has 2 aromatic carbocycles. The molecule has 2 aromatic rings. The largest absolute Gasteiger partial charge is 0.457 e. The lowest BCUT2D eigenvalue weighted by atomic mass is 10.2. The van der Waals surface area contributed by atoms with Crippen molar-refractivity contribution in [3.63, 3.8) is 0 Å². The first-order valence-electron chi connectivity index (χ1n) is 6.47. The molecule has 0 amide bonds. The summed E-state index contributed by atoms with van der Waals surface area (Å²) in [6.45, 7) is 4.05. The highest BCUT2D eigenvalue weighted by Crippen LogP contribution is 2.23. The van der Waals surface area contributed by atoms with Crippen molar-refractivity contribution < 1.29 is 11.3 Å². The Morgan fingerprint density at radius 2 is 1.42 bits per heavy atom. The van der Waals surface area contributed by atoms with Gasteiger partial charge in [-0.15, -0.1) is 0 Å². The number of anilines is 1. The number of aliphatic hydroxyl groups excluding tert-OH is 1. The minimum absolute atomic E-state index is 0. The smallest absolute Gasteiger partial charge is 0.127 e. The molecule has 0 aromatic heterocycles. The molecule has 0 bridgehead atoms. The molecule has 3 nitrogen and oxygen atoms in total. The molecule has 0 unspecified atom stereocenters. The van der Waals surface area contributed by atoms with Crippen molar-refractivity contribution in [3.8, 4) is 11.5 Å². The number of hydrogen-bond acceptors (Lipinski definition) is 3. The Labute approximate surface area is 116 Å². The number of hydrogen-bond donors (Lipinski definition) is 2. The van der Waals surface area contributed by atoms with Crippen LogP contribution in [0.3, 0.4) is 0 Å². The molecule has 0 aliphatic rings. The van der Waals surface area contributed by atoms with Crippen LogP contribution < -0.4 is 10.1 Å². The van der Waals surface area contributed by atoms with Crippen LogP contribution in [0.4, 0.5) is 5.69 Å². The van der Waals surface area contributed by atoms with Crippen LogP contribution >= 0.6 is 0 Å². The van der Waals surface area contributed by atoms with E-state index in [1.807, 2.05) is 69.4 Å². The summed E-state index contributed by atoms with van der Waals surface area (Å²) in [5, 5.41) is 12.0. The summed E-state index contributed by atoms with van der Waals surface area (Å²) in [5.41, 5.74) is 1.93. The standard InChI is InChI=1S/C14H15NO2.C2H6.H2/c1-15-12-4-8-14(9-5-12)17-13-6-2-11(10-16)3-7-13;1-2;/h2-9,15-16H,10H2,1H3;1-2H3;1H. The molecule has 0 saturated heterocycles. The van der Waals surface area contributed by atoms with Crippen molar-refractivity contribution in [2.45, 2.75) is 20.5 Å². The third kappa shape index (κ3) is 4.64. The number of rotatable bonds is 4. The average Bonchev–Trinajstić information content (AvgIpc) is 2.51. The maximum Gasteiger partial charge on any atom is 0.127 e. The lowest BCUT2D eigenvalue weighted by Crippen LogP contribution is -1.88. The van der Waals surface area contributed by atoms with Crippen molar-refractivity contribution in [1.82, 2.24) is 0 Å². The Bertz CT molecular complexity index is 423. The van der Waals surface area contributed by atoms with E-state index in [1.165, 1.54) is 0 Å². The molecule has 2 N–H and O–H groups in total. The summed E-state index contributed by atoms with van der Waals surface area (Å²) in [5.74, 6) is 1.56. The lowest BCUT2D eigenvalue weighted by molar-refractivity contribution is 0.281. The van der Waals surface area contributed by atoms with Crippen molar-refractivity contribution >= 4 is 5.69 Å². The maximum atomic E-state index is 8.93. The highest BCUT2D eigenvalue weighted by Gasteiger charge is 1.97. The van der Waals surface area contributed by atoms with Gasteiger partial charge in [0.15, 0.2) is 0 Å². The van der Waals surface area contributed by atoms with Gasteiger partial charge in [0, 0.05) is 14.2 Å². The summed E-state index contributed by atoms with van der Waals surface area (Å²) in [6, 6.07) is 15.1. The Balaban J connectivity index is 0.00000115. The molecule has 0 fully saturated rings. The van der Waals surface area contributed by atoms with Crippen molar-refractivity contribution in [2.24, 2.45) is 0 Å². The van der Waals surface area contributed by atoms with Crippen LogP contribution in [0.15, 0.2) is 48.5 Å². The fourth-order valence-corrected chi connectivity index (χ4v) is 1.49. The van der Waals surface area contributed by atoms with E-state index in [2.05, 4.69) is 5.32 Å². The fourth-order valence-electron chi connectivity index (χ4n) is 1.49. The van der Waals surface area contributed by atoms with E-state index in [-0.39, 0.29) is 8.03 Å². The van der Waals surface area contributed by atoms with Gasteiger partial charge >= 0.3 is 0 Å². The topological polar surface area (TPSA) is 41.5 Å². The zero-order valence-electron chi connectivity index (χ0n) is 11.7. The molecule has 19 heavy (non-hydrogen) atoms. The van der Waals surface area contributed by atoms with Crippen LogP contribution in [0.1, 0.15) is 20.8 Å². The number of ether oxygens (including phenoxy) is 1. The van der Waals surface area contributed by atoms with Gasteiger partial charge < -0.3 is 15.2 Å². The quantitative estimate of drug-likeness (QED) is 0.863. The molecule has 0 radical (unpaired) electrons. The SMILES string of the molecule is CC.CNc1ccc(Oc2ccc(CO)cc2)cc1.[HH]. The van der Waals surface area contributed by atoms with Gasteiger partial charge in [0.05, 0.1) is 6.61 Å². The van der Waals surface area contributed by atoms with Gasteiger partial charge in [-0.3, -0.25) is 0 Å². The monoisotopic (exact) mass is 261 g/mol. The zero-order valence-corrected chi connectivity index (χ0v) is 11.7. The van der Waals surface area contributed by atoms with Crippen LogP contribution in [0, 0.1) is 0 Å². The second kappa shape index (κ2) is 8.16. The number of aliphatic hydroxyl groups is 1. The van der Waals surface area contributed by atoms with Crippen LogP contribution in [0.2, 0.25) is 0 Å². The van der Waals surface area contributed by atoms with Crippen LogP contribution in [-0.4, -0.2) is 12.2 Å². The highest BCUT2D eigenvalue weighted by molar-refractivity contribution is 5.46. The molecule has 0 atom stereocenters. The first kappa shape index (κ1) is 15.1. The third-order valence-corrected chi connectivity index (χ3v) is 2.48. The van der Waals surface area contributed by atoms with Gasteiger partial charge in [-0.1, -0.05) is 26.0 Å². The van der Waals surface area contributed by atoms with Crippen molar-refractivity contribution in [2.75, 3.05) is 12.4 Å². The summed E-state index contributed by atoms with van der Waals surface area (Å²) in [4.78, 5) is 0. The third-order valence-electron chi connectivity index (χ3n) is 2.48. The normalized spacial score (nSPS) is 9.26. The molecular formula is C16H23NO2. The van der Waals surface area contributed by atoms with Crippen LogP contribution in [0.25, 0.3) is 0 Å². The highest BCUT2D eigenvalue weighted by atomic mass is 16.5. The average molecular weight is 261 g/mol. The first-order chi connectivity index (χ1) is 9.31. The molecule has 2 rings (SSSR count). The van der Waals surface area contributed by atoms with Crippen LogP contribution in [-0.2, 0) is 6.61 Å². The Hall–Kier alpha value is -2.00. The van der Waals surface area contributed by atoms with Crippen LogP contribution in [0.5, 0.6) is 11.5 Å². The van der Waals surface area contributed by atoms with E-state index >= 15 is 0 Å². The summed E-state index contributed by atoms with van der Waals surface area (Å²) >= 11 is 0. The Morgan fingerprint density at radius 1 is 0.947 bits per heavy atom. The first-order valence-corrected chi connectivity index (χ1v) is 6.47. The van der Waals surface area contributed by atoms with E-state index in [9.17, 15) is 0 Å². The zero-order chi connectivity index (χ0) is 14.1. The van der Waals surface area contributed by atoms with Gasteiger partial charge in [0.2, 0.25) is 0 Å². The molecule has 0 spiro atoms. The minimum Gasteiger partial charge on any atom is -0.457 e. The summed E-state index contributed by atoms with van der Waals surface area (Å²) in [6.07, 6.45) is 0. The van der Waals surface area contributed by atoms with E-state index < -0.39 is 0 Å². The predicted octanol–water partition coefficient (Wildman–Crippen LogP) is 4.29. The Morgan fingerprint density at radius 3 is 1.84 bits per heavy atom. The number of benzene rings is 2. The molecule has 0 heterocycles. The minimum atomic E-state index is 0. The Kier molecular flexibility index (Phi) is 6.47. The molecule has 104 valence electrons. The van der Waals surface area contributed by atoms with E-state index in [4.69, 9.17) is 9.84 Å². The lowest BCUT2D eigenvalue weighted by Gasteiger charge is -2.07. The molecule has 0 aliphatic heterocycles. The van der Waals surface area contributed by atoms with Gasteiger partial charge in [0.1, 0.15) is 11.5 Å². The predicted molar refractivity (Wildman–Crippen MR) is 81.9 cm³/mol. The molecule has 3 heteroatoms. The van der Waals surface area contributed by atoms with Gasteiger partial charge in [0.25, 0.3) is 0 Å². The molecule has 0 saturated carbocycles. The van der Waals surface area contributed by atoms with Gasteiger partial charge in [-0.05, 0) is 42.0 Å². The van der Waals surface area contributed by atoms with Gasteiger partial charge in [-0.2, -0.15) is 0 Å². The molecule has 0 aliphatic carbocycles. The molecular weight excluding hydrogens is 238 g/mol.